The van der Waals surface area contributed by atoms with Gasteiger partial charge in [-0.2, -0.15) is 0 Å². The van der Waals surface area contributed by atoms with E-state index in [4.69, 9.17) is 4.42 Å². The molecule has 0 amide bonds. The Hall–Kier alpha value is -3.25. The van der Waals surface area contributed by atoms with Crippen molar-refractivity contribution < 1.29 is 9.34 Å². The van der Waals surface area contributed by atoms with Crippen LogP contribution in [0.1, 0.15) is 13.3 Å². The molecule has 4 rings (SSSR count). The first-order valence-electron chi connectivity index (χ1n) is 8.46. The Labute approximate surface area is 149 Å². The lowest BCUT2D eigenvalue weighted by molar-refractivity contribution is -0.403. The van der Waals surface area contributed by atoms with Gasteiger partial charge in [-0.05, 0) is 18.6 Å². The van der Waals surface area contributed by atoms with Gasteiger partial charge in [0.25, 0.3) is 0 Å². The minimum absolute atomic E-state index is 0.211. The van der Waals surface area contributed by atoms with Crippen molar-refractivity contribution in [2.75, 3.05) is 6.54 Å². The molecule has 0 spiro atoms. The maximum absolute atomic E-state index is 12.7. The Morgan fingerprint density at radius 3 is 2.00 bits per heavy atom. The molecule has 2 aromatic carbocycles. The number of rotatable bonds is 4. The average molecular weight is 349 g/mol. The number of hydrogen-bond donors (Lipinski definition) is 0. The summed E-state index contributed by atoms with van der Waals surface area (Å²) in [7, 11) is 0. The first-order chi connectivity index (χ1) is 12.6. The molecule has 6 heteroatoms. The van der Waals surface area contributed by atoms with E-state index in [0.29, 0.717) is 12.2 Å². The molecule has 1 aliphatic rings. The van der Waals surface area contributed by atoms with Gasteiger partial charge in [0, 0.05) is 29.3 Å². The Kier molecular flexibility index (Phi) is 3.70. The van der Waals surface area contributed by atoms with E-state index in [2.05, 4.69) is 6.92 Å². The topological polar surface area (TPSA) is 73.3 Å². The van der Waals surface area contributed by atoms with Gasteiger partial charge < -0.3 is 4.42 Å². The van der Waals surface area contributed by atoms with Crippen LogP contribution in [0.3, 0.4) is 0 Å². The number of nitro groups is 1. The van der Waals surface area contributed by atoms with Gasteiger partial charge in [0.15, 0.2) is 11.4 Å². The zero-order chi connectivity index (χ0) is 18.3. The monoisotopic (exact) mass is 349 g/mol. The second-order valence-electron chi connectivity index (χ2n) is 6.27. The molecule has 0 unspecified atom stereocenters. The van der Waals surface area contributed by atoms with Crippen LogP contribution in [0.25, 0.3) is 11.1 Å². The zero-order valence-corrected chi connectivity index (χ0v) is 14.2. The minimum Gasteiger partial charge on any atom is -0.359 e. The van der Waals surface area contributed by atoms with Crippen LogP contribution < -0.4 is 10.1 Å². The molecule has 0 bridgehead atoms. The number of para-hydroxylation sites is 2. The maximum Gasteiger partial charge on any atom is 0.436 e. The fraction of sp³-hybridized carbons (Fsp3) is 0.150. The van der Waals surface area contributed by atoms with Crippen molar-refractivity contribution in [1.82, 2.24) is 4.48 Å². The van der Waals surface area contributed by atoms with Gasteiger partial charge >= 0.3 is 11.5 Å². The minimum atomic E-state index is -0.693. The van der Waals surface area contributed by atoms with Crippen molar-refractivity contribution in [3.05, 3.63) is 81.2 Å². The third kappa shape index (κ3) is 2.12. The van der Waals surface area contributed by atoms with E-state index >= 15 is 0 Å². The third-order valence-corrected chi connectivity index (χ3v) is 4.86. The molecule has 26 heavy (non-hydrogen) atoms. The molecule has 1 aromatic heterocycles. The highest BCUT2D eigenvalue weighted by atomic mass is 16.6. The normalized spacial score (nSPS) is 13.9. The van der Waals surface area contributed by atoms with E-state index in [1.165, 1.54) is 12.1 Å². The summed E-state index contributed by atoms with van der Waals surface area (Å²) in [4.78, 5) is 23.0. The summed E-state index contributed by atoms with van der Waals surface area (Å²) in [6, 6.07) is 18.7. The molecule has 2 heterocycles. The second-order valence-corrected chi connectivity index (χ2v) is 6.27. The summed E-state index contributed by atoms with van der Waals surface area (Å²) in [6.45, 7) is 2.70. The van der Waals surface area contributed by atoms with E-state index in [-0.39, 0.29) is 4.48 Å². The van der Waals surface area contributed by atoms with E-state index in [1.807, 2.05) is 48.5 Å². The number of fused-ring (bicyclic) bond motifs is 3. The van der Waals surface area contributed by atoms with Crippen LogP contribution in [-0.4, -0.2) is 11.5 Å². The maximum atomic E-state index is 12.7. The van der Waals surface area contributed by atoms with Gasteiger partial charge in [0.05, 0.1) is 12.6 Å². The van der Waals surface area contributed by atoms with Crippen LogP contribution in [0.2, 0.25) is 0 Å². The largest absolute Gasteiger partial charge is 0.436 e. The molecule has 0 N–H and O–H groups in total. The molecule has 0 radical (unpaired) electrons. The van der Waals surface area contributed by atoms with Crippen LogP contribution in [-0.2, 0) is 0 Å². The molecule has 6 nitrogen and oxygen atoms in total. The summed E-state index contributed by atoms with van der Waals surface area (Å²) < 4.78 is 5.22. The van der Waals surface area contributed by atoms with Gasteiger partial charge in [-0.25, -0.2) is 9.28 Å². The van der Waals surface area contributed by atoms with E-state index in [0.717, 1.165) is 28.9 Å². The van der Waals surface area contributed by atoms with Crippen LogP contribution in [0, 0.1) is 10.1 Å². The summed E-state index contributed by atoms with van der Waals surface area (Å²) in [5.74, 6) is -0.547. The van der Waals surface area contributed by atoms with E-state index in [9.17, 15) is 14.9 Å². The van der Waals surface area contributed by atoms with Crippen molar-refractivity contribution in [3.8, 4) is 11.1 Å². The summed E-state index contributed by atoms with van der Waals surface area (Å²) >= 11 is 0. The van der Waals surface area contributed by atoms with Crippen molar-refractivity contribution in [2.45, 2.75) is 13.3 Å². The van der Waals surface area contributed by atoms with Gasteiger partial charge in [0.1, 0.15) is 4.92 Å². The lowest BCUT2D eigenvalue weighted by atomic mass is 10.1. The van der Waals surface area contributed by atoms with Gasteiger partial charge in [-0.15, -0.1) is 0 Å². The molecule has 0 atom stereocenters. The SMILES string of the molecule is CCC[N+]1(c2ccc([N+](=O)[O-])oc2=O)c2ccccc2-c2ccccc21. The van der Waals surface area contributed by atoms with Gasteiger partial charge in [-0.1, -0.05) is 31.2 Å². The predicted molar refractivity (Wildman–Crippen MR) is 99.8 cm³/mol. The number of nitrogens with zero attached hydrogens (tertiary/aromatic N) is 2. The second kappa shape index (κ2) is 5.93. The average Bonchev–Trinajstić information content (AvgIpc) is 2.93. The van der Waals surface area contributed by atoms with Crippen molar-refractivity contribution in [3.63, 3.8) is 0 Å². The first-order valence-corrected chi connectivity index (χ1v) is 8.46. The van der Waals surface area contributed by atoms with E-state index < -0.39 is 16.4 Å². The van der Waals surface area contributed by atoms with Crippen LogP contribution in [0.5, 0.6) is 0 Å². The Balaban J connectivity index is 2.08. The fourth-order valence-corrected chi connectivity index (χ4v) is 3.94. The quantitative estimate of drug-likeness (QED) is 0.381. The molecule has 3 aromatic rings. The smallest absolute Gasteiger partial charge is 0.359 e. The molecule has 1 aliphatic heterocycles. The highest BCUT2D eigenvalue weighted by Crippen LogP contribution is 2.56. The molecule has 130 valence electrons. The van der Waals surface area contributed by atoms with Crippen LogP contribution in [0.4, 0.5) is 22.9 Å². The van der Waals surface area contributed by atoms with Crippen molar-refractivity contribution in [1.29, 1.82) is 0 Å². The Morgan fingerprint density at radius 2 is 1.50 bits per heavy atom. The Morgan fingerprint density at radius 1 is 0.923 bits per heavy atom. The number of quaternary nitrogens is 1. The van der Waals surface area contributed by atoms with E-state index in [1.54, 1.807) is 0 Å². The molecule has 0 saturated carbocycles. The molecular formula is C20H17N2O4+. The first kappa shape index (κ1) is 16.2. The molecular weight excluding hydrogens is 332 g/mol. The third-order valence-electron chi connectivity index (χ3n) is 4.86. The van der Waals surface area contributed by atoms with Crippen molar-refractivity contribution >= 4 is 22.9 Å². The highest BCUT2D eigenvalue weighted by Gasteiger charge is 2.47. The van der Waals surface area contributed by atoms with Crippen LogP contribution in [0.15, 0.2) is 69.9 Å². The molecule has 0 fully saturated rings. The summed E-state index contributed by atoms with van der Waals surface area (Å²) in [5, 5.41) is 11.0. The lowest BCUT2D eigenvalue weighted by Crippen LogP contribution is -2.41. The number of hydrogen-bond acceptors (Lipinski definition) is 4. The van der Waals surface area contributed by atoms with Gasteiger partial charge in [-0.3, -0.25) is 10.1 Å². The zero-order valence-electron chi connectivity index (χ0n) is 14.2. The lowest BCUT2D eigenvalue weighted by Gasteiger charge is -2.33. The van der Waals surface area contributed by atoms with Crippen molar-refractivity contribution in [2.24, 2.45) is 0 Å². The van der Waals surface area contributed by atoms with Gasteiger partial charge in [0.2, 0.25) is 5.69 Å². The predicted octanol–water partition coefficient (Wildman–Crippen LogP) is 4.91. The molecule has 0 saturated heterocycles. The molecule has 0 aliphatic carbocycles. The highest BCUT2D eigenvalue weighted by molar-refractivity contribution is 5.97. The van der Waals surface area contributed by atoms with Crippen LogP contribution >= 0.6 is 0 Å². The summed E-state index contributed by atoms with van der Waals surface area (Å²) in [5.41, 5.74) is 3.80. The summed E-state index contributed by atoms with van der Waals surface area (Å²) in [6.07, 6.45) is 0.819. The standard InChI is InChI=1S/C20H17N2O4/c1-2-13-22(18-11-12-19(21(24)25)26-20(18)23)16-9-5-3-7-14(16)15-8-4-6-10-17(15)22/h3-12H,2,13H2,1H3/q+1. The fourth-order valence-electron chi connectivity index (χ4n) is 3.94. The Bertz CT molecular complexity index is 1030. The number of benzene rings is 2.